The lowest BCUT2D eigenvalue weighted by Crippen LogP contribution is -2.42. The van der Waals surface area contributed by atoms with Crippen LogP contribution in [0.4, 0.5) is 10.8 Å². The number of ether oxygens (including phenoxy) is 1. The van der Waals surface area contributed by atoms with E-state index in [1.807, 2.05) is 6.92 Å². The van der Waals surface area contributed by atoms with Crippen LogP contribution in [0.3, 0.4) is 0 Å². The van der Waals surface area contributed by atoms with Crippen molar-refractivity contribution in [3.05, 3.63) is 52.9 Å². The molecule has 0 amide bonds. The number of halogens is 1. The summed E-state index contributed by atoms with van der Waals surface area (Å²) in [6, 6.07) is 8.38. The van der Waals surface area contributed by atoms with Crippen LogP contribution in [0.5, 0.6) is 0 Å². The van der Waals surface area contributed by atoms with Crippen molar-refractivity contribution in [2.45, 2.75) is 51.0 Å². The fourth-order valence-electron chi connectivity index (χ4n) is 4.17. The van der Waals surface area contributed by atoms with E-state index in [0.29, 0.717) is 27.9 Å². The summed E-state index contributed by atoms with van der Waals surface area (Å²) < 4.78 is 34.4. The summed E-state index contributed by atoms with van der Waals surface area (Å²) >= 11 is 7.66. The highest BCUT2D eigenvalue weighted by molar-refractivity contribution is 7.92. The predicted octanol–water partition coefficient (Wildman–Crippen LogP) is 5.89. The van der Waals surface area contributed by atoms with E-state index in [0.717, 1.165) is 41.8 Å². The average molecular weight is 521 g/mol. The molecule has 1 aliphatic heterocycles. The van der Waals surface area contributed by atoms with Crippen LogP contribution in [0.15, 0.2) is 41.4 Å². The van der Waals surface area contributed by atoms with Crippen molar-refractivity contribution in [2.75, 3.05) is 23.3 Å². The molecule has 34 heavy (non-hydrogen) atoms. The smallest absolute Gasteiger partial charge is 0.263 e. The highest BCUT2D eigenvalue weighted by atomic mass is 35.5. The number of sulfonamides is 1. The van der Waals surface area contributed by atoms with E-state index < -0.39 is 10.0 Å². The number of para-hydroxylation sites is 1. The molecule has 182 valence electrons. The topological polar surface area (TPSA) is 93.2 Å². The highest BCUT2D eigenvalue weighted by Gasteiger charge is 2.32. The molecule has 0 saturated carbocycles. The number of nitrogens with zero attached hydrogens (tertiary/aromatic N) is 2. The van der Waals surface area contributed by atoms with Crippen LogP contribution in [-0.2, 0) is 14.8 Å². The molecule has 0 atom stereocenters. The summed E-state index contributed by atoms with van der Waals surface area (Å²) in [4.78, 5) is 10.1. The second kappa shape index (κ2) is 9.81. The SMILES string of the molecule is Cc1ncc(-c2sc(NC(C)(C)C3CCOCC3)nc2C)cc1S(=O)(=O)Nc1ccccc1Cl. The third kappa shape index (κ3) is 5.38. The van der Waals surface area contributed by atoms with Gasteiger partial charge in [-0.15, -0.1) is 0 Å². The quantitative estimate of drug-likeness (QED) is 0.403. The molecule has 0 radical (unpaired) electrons. The van der Waals surface area contributed by atoms with E-state index in [1.54, 1.807) is 43.5 Å². The minimum Gasteiger partial charge on any atom is -0.381 e. The van der Waals surface area contributed by atoms with Gasteiger partial charge < -0.3 is 10.1 Å². The van der Waals surface area contributed by atoms with Crippen molar-refractivity contribution in [1.82, 2.24) is 9.97 Å². The Morgan fingerprint density at radius 2 is 1.85 bits per heavy atom. The minimum atomic E-state index is -3.89. The molecule has 1 fully saturated rings. The molecule has 3 aromatic rings. The third-order valence-corrected chi connectivity index (χ3v) is 9.11. The predicted molar refractivity (Wildman–Crippen MR) is 138 cm³/mol. The van der Waals surface area contributed by atoms with Gasteiger partial charge in [-0.2, -0.15) is 0 Å². The number of rotatable bonds is 7. The number of pyridine rings is 1. The van der Waals surface area contributed by atoms with Gasteiger partial charge in [0.1, 0.15) is 4.90 Å². The molecule has 0 aliphatic carbocycles. The van der Waals surface area contributed by atoms with Crippen molar-refractivity contribution >= 4 is 43.8 Å². The second-order valence-corrected chi connectivity index (χ2v) is 12.1. The first-order chi connectivity index (χ1) is 16.1. The molecule has 7 nitrogen and oxygen atoms in total. The van der Waals surface area contributed by atoms with E-state index in [2.05, 4.69) is 28.9 Å². The van der Waals surface area contributed by atoms with Crippen LogP contribution in [-0.4, -0.2) is 37.1 Å². The van der Waals surface area contributed by atoms with Gasteiger partial charge in [0.15, 0.2) is 5.13 Å². The monoisotopic (exact) mass is 520 g/mol. The van der Waals surface area contributed by atoms with Crippen LogP contribution in [0.2, 0.25) is 5.02 Å². The summed E-state index contributed by atoms with van der Waals surface area (Å²) in [6.45, 7) is 9.55. The van der Waals surface area contributed by atoms with Crippen LogP contribution in [0.1, 0.15) is 38.1 Å². The lowest BCUT2D eigenvalue weighted by atomic mass is 9.82. The van der Waals surface area contributed by atoms with Crippen molar-refractivity contribution in [1.29, 1.82) is 0 Å². The van der Waals surface area contributed by atoms with Crippen LogP contribution >= 0.6 is 22.9 Å². The van der Waals surface area contributed by atoms with Gasteiger partial charge in [0, 0.05) is 30.5 Å². The molecule has 3 heterocycles. The van der Waals surface area contributed by atoms with E-state index >= 15 is 0 Å². The first kappa shape index (κ1) is 24.9. The van der Waals surface area contributed by atoms with E-state index in [4.69, 9.17) is 21.3 Å². The number of aryl methyl sites for hydroxylation is 2. The summed E-state index contributed by atoms with van der Waals surface area (Å²) in [5.74, 6) is 0.488. The zero-order chi connectivity index (χ0) is 24.5. The molecule has 10 heteroatoms. The Morgan fingerprint density at radius 3 is 2.56 bits per heavy atom. The van der Waals surface area contributed by atoms with Crippen LogP contribution in [0.25, 0.3) is 10.4 Å². The standard InChI is InChI=1S/C24H29ClN4O3S2/c1-15-21(34(30,31)29-20-8-6-5-7-19(20)25)13-17(14-26-15)22-16(2)27-23(33-22)28-24(3,4)18-9-11-32-12-10-18/h5-8,13-14,18,29H,9-12H2,1-4H3,(H,27,28). The lowest BCUT2D eigenvalue weighted by molar-refractivity contribution is 0.0491. The zero-order valence-electron chi connectivity index (χ0n) is 19.7. The molecular weight excluding hydrogens is 492 g/mol. The number of nitrogens with one attached hydrogen (secondary N) is 2. The van der Waals surface area contributed by atoms with Crippen molar-refractivity contribution in [3.8, 4) is 10.4 Å². The van der Waals surface area contributed by atoms with Crippen molar-refractivity contribution < 1.29 is 13.2 Å². The molecule has 2 aromatic heterocycles. The Balaban J connectivity index is 1.61. The number of hydrogen-bond donors (Lipinski definition) is 2. The van der Waals surface area contributed by atoms with Gasteiger partial charge in [-0.05, 0) is 64.7 Å². The number of thiazole rings is 1. The van der Waals surface area contributed by atoms with Gasteiger partial charge in [0.2, 0.25) is 0 Å². The molecule has 1 aromatic carbocycles. The zero-order valence-corrected chi connectivity index (χ0v) is 22.1. The summed E-state index contributed by atoms with van der Waals surface area (Å²) in [5, 5.41) is 4.74. The molecule has 4 rings (SSSR count). The normalized spacial score (nSPS) is 15.3. The third-order valence-electron chi connectivity index (χ3n) is 6.18. The number of hydrogen-bond acceptors (Lipinski definition) is 7. The first-order valence-corrected chi connectivity index (χ1v) is 13.8. The van der Waals surface area contributed by atoms with Crippen molar-refractivity contribution in [2.24, 2.45) is 5.92 Å². The molecule has 0 unspecified atom stereocenters. The summed E-state index contributed by atoms with van der Waals surface area (Å²) in [5.41, 5.74) is 2.12. The van der Waals surface area contributed by atoms with Gasteiger partial charge in [-0.25, -0.2) is 13.4 Å². The number of anilines is 2. The Kier molecular flexibility index (Phi) is 7.19. The fraction of sp³-hybridized carbons (Fsp3) is 0.417. The Bertz CT molecular complexity index is 1290. The largest absolute Gasteiger partial charge is 0.381 e. The van der Waals surface area contributed by atoms with Gasteiger partial charge >= 0.3 is 0 Å². The summed E-state index contributed by atoms with van der Waals surface area (Å²) in [6.07, 6.45) is 3.72. The molecule has 0 bridgehead atoms. The maximum absolute atomic E-state index is 13.2. The molecule has 1 saturated heterocycles. The lowest BCUT2D eigenvalue weighted by Gasteiger charge is -2.37. The maximum Gasteiger partial charge on any atom is 0.263 e. The summed E-state index contributed by atoms with van der Waals surface area (Å²) in [7, 11) is -3.89. The Morgan fingerprint density at radius 1 is 1.15 bits per heavy atom. The van der Waals surface area contributed by atoms with Crippen LogP contribution < -0.4 is 10.0 Å². The van der Waals surface area contributed by atoms with Gasteiger partial charge in [0.05, 0.1) is 27.0 Å². The van der Waals surface area contributed by atoms with E-state index in [-0.39, 0.29) is 10.4 Å². The van der Waals surface area contributed by atoms with Gasteiger partial charge in [-0.3, -0.25) is 9.71 Å². The van der Waals surface area contributed by atoms with Crippen molar-refractivity contribution in [3.63, 3.8) is 0 Å². The Hall–Kier alpha value is -2.20. The fourth-order valence-corrected chi connectivity index (χ4v) is 6.82. The average Bonchev–Trinajstić information content (AvgIpc) is 3.15. The number of benzene rings is 1. The number of aromatic nitrogens is 2. The highest BCUT2D eigenvalue weighted by Crippen LogP contribution is 2.37. The molecule has 1 aliphatic rings. The molecular formula is C24H29ClN4O3S2. The molecule has 0 spiro atoms. The Labute approximate surface area is 210 Å². The van der Waals surface area contributed by atoms with Crippen LogP contribution in [0, 0.1) is 19.8 Å². The van der Waals surface area contributed by atoms with E-state index in [9.17, 15) is 8.42 Å². The maximum atomic E-state index is 13.2. The molecule has 2 N–H and O–H groups in total. The van der Waals surface area contributed by atoms with Gasteiger partial charge in [0.25, 0.3) is 10.0 Å². The van der Waals surface area contributed by atoms with Gasteiger partial charge in [-0.1, -0.05) is 35.1 Å². The first-order valence-electron chi connectivity index (χ1n) is 11.1. The minimum absolute atomic E-state index is 0.106. The second-order valence-electron chi connectivity index (χ2n) is 9.06. The van der Waals surface area contributed by atoms with E-state index in [1.165, 1.54) is 11.3 Å².